The first-order chi connectivity index (χ1) is 6.83. The fourth-order valence-corrected chi connectivity index (χ4v) is 1.49. The second-order valence-electron chi connectivity index (χ2n) is 3.14. The Hall–Kier alpha value is -1.09. The fourth-order valence-electron chi connectivity index (χ4n) is 1.49. The minimum Gasteiger partial charge on any atom is -0.496 e. The normalized spacial score (nSPS) is 10.2. The zero-order valence-corrected chi connectivity index (χ0v) is 8.42. The third kappa shape index (κ3) is 2.45. The number of halogens is 1. The van der Waals surface area contributed by atoms with Gasteiger partial charge in [-0.2, -0.15) is 0 Å². The molecule has 0 heterocycles. The van der Waals surface area contributed by atoms with Crippen LogP contribution in [0.25, 0.3) is 0 Å². The van der Waals surface area contributed by atoms with Crippen molar-refractivity contribution in [3.63, 3.8) is 0 Å². The average molecular weight is 197 g/mol. The molecule has 0 saturated carbocycles. The summed E-state index contributed by atoms with van der Waals surface area (Å²) in [5, 5.41) is 0. The minimum absolute atomic E-state index is 0.486. The molecule has 0 spiro atoms. The Morgan fingerprint density at radius 3 is 2.64 bits per heavy atom. The maximum absolute atomic E-state index is 12.6. The molecule has 0 aromatic heterocycles. The van der Waals surface area contributed by atoms with Crippen LogP contribution in [-0.4, -0.2) is 13.7 Å². The van der Waals surface area contributed by atoms with Gasteiger partial charge in [0, 0.05) is 5.56 Å². The Morgan fingerprint density at radius 1 is 1.36 bits per heavy atom. The van der Waals surface area contributed by atoms with Crippen LogP contribution < -0.4 is 10.5 Å². The van der Waals surface area contributed by atoms with Crippen molar-refractivity contribution in [1.82, 2.24) is 0 Å². The minimum atomic E-state index is -0.486. The summed E-state index contributed by atoms with van der Waals surface area (Å²) in [5.74, 6) is 0.670. The Labute approximate surface area is 83.9 Å². The molecule has 2 N–H and O–H groups in total. The summed E-state index contributed by atoms with van der Waals surface area (Å²) in [5.41, 5.74) is 7.07. The summed E-state index contributed by atoms with van der Waals surface area (Å²) < 4.78 is 17.8. The van der Waals surface area contributed by atoms with E-state index in [9.17, 15) is 4.39 Å². The number of benzene rings is 1. The van der Waals surface area contributed by atoms with Crippen molar-refractivity contribution in [3.05, 3.63) is 29.3 Å². The zero-order valence-electron chi connectivity index (χ0n) is 8.42. The predicted octanol–water partition coefficient (Wildman–Crippen LogP) is 2.06. The first kappa shape index (κ1) is 11.0. The molecule has 1 aromatic carbocycles. The molecule has 0 aliphatic carbocycles. The van der Waals surface area contributed by atoms with Crippen LogP contribution >= 0.6 is 0 Å². The van der Waals surface area contributed by atoms with Crippen molar-refractivity contribution in [2.45, 2.75) is 19.5 Å². The highest BCUT2D eigenvalue weighted by Gasteiger charge is 2.07. The lowest BCUT2D eigenvalue weighted by atomic mass is 10.0. The van der Waals surface area contributed by atoms with E-state index in [0.29, 0.717) is 17.9 Å². The van der Waals surface area contributed by atoms with Crippen LogP contribution in [0.3, 0.4) is 0 Å². The maximum atomic E-state index is 12.6. The molecule has 0 bridgehead atoms. The van der Waals surface area contributed by atoms with Crippen LogP contribution in [0.2, 0.25) is 0 Å². The van der Waals surface area contributed by atoms with Gasteiger partial charge >= 0.3 is 0 Å². The molecule has 0 fully saturated rings. The van der Waals surface area contributed by atoms with E-state index < -0.39 is 6.67 Å². The van der Waals surface area contributed by atoms with Gasteiger partial charge in [0.15, 0.2) is 0 Å². The van der Waals surface area contributed by atoms with Gasteiger partial charge in [-0.3, -0.25) is 0 Å². The number of hydrogen-bond donors (Lipinski definition) is 1. The molecule has 0 atom stereocenters. The number of alkyl halides is 1. The van der Waals surface area contributed by atoms with E-state index in [1.165, 1.54) is 0 Å². The van der Waals surface area contributed by atoms with Gasteiger partial charge < -0.3 is 10.5 Å². The molecule has 3 heteroatoms. The maximum Gasteiger partial charge on any atom is 0.127 e. The Balaban J connectivity index is 2.90. The van der Waals surface area contributed by atoms with E-state index in [2.05, 4.69) is 0 Å². The summed E-state index contributed by atoms with van der Waals surface area (Å²) in [6.45, 7) is 0.155. The second-order valence-corrected chi connectivity index (χ2v) is 3.14. The van der Waals surface area contributed by atoms with E-state index in [4.69, 9.17) is 10.5 Å². The molecule has 0 aliphatic rings. The van der Waals surface area contributed by atoms with Gasteiger partial charge in [0.2, 0.25) is 0 Å². The first-order valence-corrected chi connectivity index (χ1v) is 4.74. The molecule has 14 heavy (non-hydrogen) atoms. The van der Waals surface area contributed by atoms with Gasteiger partial charge in [-0.05, 0) is 24.9 Å². The molecule has 2 nitrogen and oxygen atoms in total. The van der Waals surface area contributed by atoms with Crippen molar-refractivity contribution in [3.8, 4) is 5.75 Å². The summed E-state index contributed by atoms with van der Waals surface area (Å²) >= 11 is 0. The number of methoxy groups -OCH3 is 1. The lowest BCUT2D eigenvalue weighted by Crippen LogP contribution is -2.02. The topological polar surface area (TPSA) is 35.2 Å². The third-order valence-electron chi connectivity index (χ3n) is 2.18. The number of para-hydroxylation sites is 1. The Morgan fingerprint density at radius 2 is 2.07 bits per heavy atom. The first-order valence-electron chi connectivity index (χ1n) is 4.74. The van der Waals surface area contributed by atoms with Crippen molar-refractivity contribution >= 4 is 0 Å². The van der Waals surface area contributed by atoms with Gasteiger partial charge in [0.25, 0.3) is 0 Å². The van der Waals surface area contributed by atoms with Gasteiger partial charge in [-0.1, -0.05) is 18.2 Å². The second kappa shape index (κ2) is 5.60. The van der Waals surface area contributed by atoms with Crippen LogP contribution in [0.1, 0.15) is 17.5 Å². The number of ether oxygens (including phenoxy) is 1. The van der Waals surface area contributed by atoms with Gasteiger partial charge in [0.05, 0.1) is 7.11 Å². The van der Waals surface area contributed by atoms with E-state index in [0.717, 1.165) is 18.4 Å². The lowest BCUT2D eigenvalue weighted by Gasteiger charge is -2.11. The van der Waals surface area contributed by atoms with Crippen LogP contribution in [0.15, 0.2) is 18.2 Å². The van der Waals surface area contributed by atoms with Crippen molar-refractivity contribution in [2.75, 3.05) is 13.7 Å². The van der Waals surface area contributed by atoms with Gasteiger partial charge in [-0.15, -0.1) is 0 Å². The molecule has 0 saturated heterocycles. The highest BCUT2D eigenvalue weighted by molar-refractivity contribution is 5.41. The molecule has 1 rings (SSSR count). The smallest absolute Gasteiger partial charge is 0.127 e. The van der Waals surface area contributed by atoms with Crippen molar-refractivity contribution in [1.29, 1.82) is 0 Å². The fraction of sp³-hybridized carbons (Fsp3) is 0.455. The van der Waals surface area contributed by atoms with Crippen LogP contribution in [-0.2, 0) is 13.1 Å². The van der Waals surface area contributed by atoms with Crippen LogP contribution in [0.4, 0.5) is 4.39 Å². The number of aryl methyl sites for hydroxylation is 1. The molecule has 78 valence electrons. The molecule has 0 radical (unpaired) electrons. The predicted molar refractivity (Wildman–Crippen MR) is 55.2 cm³/mol. The Kier molecular flexibility index (Phi) is 4.40. The summed E-state index contributed by atoms with van der Waals surface area (Å²) in [4.78, 5) is 0. The van der Waals surface area contributed by atoms with E-state index in [1.807, 2.05) is 12.1 Å². The molecule has 0 amide bonds. The van der Waals surface area contributed by atoms with Gasteiger partial charge in [0.1, 0.15) is 12.4 Å². The van der Waals surface area contributed by atoms with E-state index in [1.54, 1.807) is 13.2 Å². The summed E-state index contributed by atoms with van der Waals surface area (Å²) in [6.07, 6.45) is 1.74. The van der Waals surface area contributed by atoms with Crippen molar-refractivity contribution < 1.29 is 9.13 Å². The van der Waals surface area contributed by atoms with E-state index in [-0.39, 0.29) is 0 Å². The number of nitrogens with two attached hydrogens (primary N) is 1. The highest BCUT2D eigenvalue weighted by atomic mass is 19.1. The molecule has 0 aliphatic heterocycles. The molecular weight excluding hydrogens is 181 g/mol. The average Bonchev–Trinajstić information content (AvgIpc) is 2.25. The lowest BCUT2D eigenvalue weighted by molar-refractivity contribution is 0.389. The molecular formula is C11H16FNO. The Bertz CT molecular complexity index is 289. The largest absolute Gasteiger partial charge is 0.496 e. The van der Waals surface area contributed by atoms with Crippen LogP contribution in [0.5, 0.6) is 5.75 Å². The number of rotatable bonds is 5. The van der Waals surface area contributed by atoms with Crippen LogP contribution in [0, 0.1) is 0 Å². The zero-order chi connectivity index (χ0) is 10.4. The van der Waals surface area contributed by atoms with Gasteiger partial charge in [-0.25, -0.2) is 4.39 Å². The standard InChI is InChI=1S/C11H16FNO/c1-14-11-9(6-3-7-13)4-2-5-10(11)8-12/h2,4-5H,3,6-8,13H2,1H3. The third-order valence-corrected chi connectivity index (χ3v) is 2.18. The quantitative estimate of drug-likeness (QED) is 0.784. The monoisotopic (exact) mass is 197 g/mol. The molecule has 1 aromatic rings. The molecule has 0 unspecified atom stereocenters. The highest BCUT2D eigenvalue weighted by Crippen LogP contribution is 2.25. The van der Waals surface area contributed by atoms with Crippen molar-refractivity contribution in [2.24, 2.45) is 5.73 Å². The SMILES string of the molecule is COc1c(CF)cccc1CCCN. The van der Waals surface area contributed by atoms with E-state index >= 15 is 0 Å². The summed E-state index contributed by atoms with van der Waals surface area (Å²) in [7, 11) is 1.57. The summed E-state index contributed by atoms with van der Waals surface area (Å²) in [6, 6.07) is 5.54. The number of hydrogen-bond acceptors (Lipinski definition) is 2.